The molecule has 8 rings (SSSR count). The van der Waals surface area contributed by atoms with Gasteiger partial charge in [-0.15, -0.1) is 0 Å². The fourth-order valence-corrected chi connectivity index (χ4v) is 15.2. The lowest BCUT2D eigenvalue weighted by molar-refractivity contribution is -0.383. The number of unbranched alkanes of at least 4 members (excludes halogenated alkanes) is 1. The summed E-state index contributed by atoms with van der Waals surface area (Å²) in [6.07, 6.45) is -27.3. The number of fused-ring (bicyclic) bond motifs is 1. The van der Waals surface area contributed by atoms with Crippen LogP contribution in [0.5, 0.6) is 5.75 Å². The number of rotatable bonds is 26. The SMILES string of the molecule is C[C@@H](O)[C@H](NC(=O)[C@@H]1CSSC[C@H](NC(=O)[C@H](Cc2ccccc2)NC[C@]2(O)OC[C@H](O)[C@@H](O[C@@H]3O[C@@H](CO)[C@@H](O[C@@H]4O[C@@H](CO)[C@@H](O)[C@H](O)[C@@H]4O)[C@H](O)[C@@H]3O)[C@@H]2O)C(=O)N[C@@H](Cc2ccc(O)c(I)c2)C(=O)N[C@H](Cc2c[nH]c3ccccc23)C(=O)N[C@@H](CCCCN)C(=O)N[C@@H]([C@@H](C)O)C(=O)N1)C(=O)O. The largest absolute Gasteiger partial charge is 0.507 e. The van der Waals surface area contributed by atoms with E-state index in [0.717, 1.165) is 35.4 Å². The molecular weight excluding hydrogens is 1570 g/mol. The van der Waals surface area contributed by atoms with Gasteiger partial charge in [-0.3, -0.25) is 33.6 Å². The van der Waals surface area contributed by atoms with Crippen LogP contribution in [0.15, 0.2) is 79.0 Å². The number of carboxylic acid groups (broad SMARTS) is 1. The molecule has 4 fully saturated rings. The minimum atomic E-state index is -2.84. The molecule has 25 N–H and O–H groups in total. The first-order valence-electron chi connectivity index (χ1n) is 34.3. The summed E-state index contributed by atoms with van der Waals surface area (Å²) in [6, 6.07) is 5.90. The zero-order valence-electron chi connectivity index (χ0n) is 57.8. The number of aliphatic hydroxyl groups excluding tert-OH is 11. The lowest BCUT2D eigenvalue weighted by Crippen LogP contribution is -2.69. The summed E-state index contributed by atoms with van der Waals surface area (Å²) in [6.45, 7) is -1.22. The van der Waals surface area contributed by atoms with E-state index in [2.05, 4.69) is 47.5 Å². The Morgan fingerprint density at radius 3 is 1.98 bits per heavy atom. The molecule has 0 saturated carbocycles. The number of carbonyl (C=O) groups excluding carboxylic acids is 7. The molecule has 592 valence electrons. The maximum absolute atomic E-state index is 15.4. The molecule has 0 aliphatic carbocycles. The molecule has 24 atom stereocenters. The Hall–Kier alpha value is -6.57. The number of H-pyrrole nitrogens is 1. The third kappa shape index (κ3) is 22.6. The molecule has 37 nitrogen and oxygen atoms in total. The number of hydrogen-bond acceptors (Lipinski definition) is 30. The van der Waals surface area contributed by atoms with Gasteiger partial charge in [0.2, 0.25) is 47.1 Å². The molecule has 3 aromatic carbocycles. The number of phenolic OH excluding ortho intramolecular Hbond substituents is 1. The van der Waals surface area contributed by atoms with Gasteiger partial charge in [0, 0.05) is 41.4 Å². The lowest BCUT2D eigenvalue weighted by Gasteiger charge is -2.48. The van der Waals surface area contributed by atoms with Crippen molar-refractivity contribution in [2.24, 2.45) is 5.73 Å². The topological polar surface area (TPSA) is 604 Å². The summed E-state index contributed by atoms with van der Waals surface area (Å²) < 4.78 is 28.5. The zero-order chi connectivity index (χ0) is 78.1. The first-order valence-corrected chi connectivity index (χ1v) is 37.9. The van der Waals surface area contributed by atoms with Gasteiger partial charge in [0.15, 0.2) is 18.6 Å². The number of aliphatic hydroxyl groups is 12. The summed E-state index contributed by atoms with van der Waals surface area (Å²) in [7, 11) is 1.57. The van der Waals surface area contributed by atoms with E-state index < -0.39 is 231 Å². The molecule has 0 unspecified atom stereocenters. The summed E-state index contributed by atoms with van der Waals surface area (Å²) >= 11 is 1.85. The van der Waals surface area contributed by atoms with Crippen molar-refractivity contribution in [1.82, 2.24) is 47.5 Å². The number of amides is 7. The van der Waals surface area contributed by atoms with Crippen LogP contribution in [0.4, 0.5) is 0 Å². The highest BCUT2D eigenvalue weighted by Crippen LogP contribution is 2.34. The van der Waals surface area contributed by atoms with E-state index in [1.807, 2.05) is 22.6 Å². The van der Waals surface area contributed by atoms with Crippen LogP contribution >= 0.6 is 44.2 Å². The Kier molecular flexibility index (Phi) is 32.1. The van der Waals surface area contributed by atoms with E-state index in [9.17, 15) is 90.7 Å². The van der Waals surface area contributed by atoms with Crippen molar-refractivity contribution in [1.29, 1.82) is 0 Å². The highest BCUT2D eigenvalue weighted by molar-refractivity contribution is 14.1. The molecule has 1 aromatic heterocycles. The summed E-state index contributed by atoms with van der Waals surface area (Å²) in [5.41, 5.74) is 7.82. The monoisotopic (exact) mass is 1660 g/mol. The molecule has 107 heavy (non-hydrogen) atoms. The lowest BCUT2D eigenvalue weighted by atomic mass is 9.94. The molecule has 4 aromatic rings. The number of carboxylic acids is 1. The minimum absolute atomic E-state index is 0.113. The third-order valence-electron chi connectivity index (χ3n) is 18.4. The van der Waals surface area contributed by atoms with Gasteiger partial charge in [0.1, 0.15) is 109 Å². The number of ether oxygens (including phenoxy) is 5. The Bertz CT molecular complexity index is 3650. The van der Waals surface area contributed by atoms with Crippen LogP contribution in [0.2, 0.25) is 0 Å². The molecule has 4 saturated heterocycles. The predicted octanol–water partition coefficient (Wildman–Crippen LogP) is -7.32. The number of nitrogens with two attached hydrogens (primary N) is 1. The van der Waals surface area contributed by atoms with Gasteiger partial charge in [-0.2, -0.15) is 0 Å². The summed E-state index contributed by atoms with van der Waals surface area (Å²) in [5, 5.41) is 173. The molecule has 4 aliphatic heterocycles. The van der Waals surface area contributed by atoms with Crippen LogP contribution in [-0.2, 0) is 81.3 Å². The number of para-hydroxylation sites is 1. The van der Waals surface area contributed by atoms with Gasteiger partial charge < -0.3 is 148 Å². The van der Waals surface area contributed by atoms with Crippen LogP contribution in [0.25, 0.3) is 10.9 Å². The average Bonchev–Trinajstić information content (AvgIpc) is 1.34. The van der Waals surface area contributed by atoms with Gasteiger partial charge in [-0.25, -0.2) is 4.79 Å². The van der Waals surface area contributed by atoms with Crippen LogP contribution in [-0.4, -0.2) is 314 Å². The highest BCUT2D eigenvalue weighted by Gasteiger charge is 2.55. The van der Waals surface area contributed by atoms with Crippen molar-refractivity contribution in [2.45, 2.75) is 198 Å². The molecule has 5 heterocycles. The maximum Gasteiger partial charge on any atom is 0.328 e. The van der Waals surface area contributed by atoms with E-state index in [1.165, 1.54) is 18.2 Å². The first kappa shape index (κ1) is 86.0. The summed E-state index contributed by atoms with van der Waals surface area (Å²) in [5.74, 6) is -13.0. The van der Waals surface area contributed by atoms with E-state index in [4.69, 9.17) is 29.4 Å². The number of nitrogens with one attached hydrogen (secondary N) is 9. The van der Waals surface area contributed by atoms with E-state index in [1.54, 1.807) is 60.8 Å². The van der Waals surface area contributed by atoms with Crippen LogP contribution in [0.3, 0.4) is 0 Å². The summed E-state index contributed by atoms with van der Waals surface area (Å²) in [4.78, 5) is 119. The molecule has 4 aliphatic rings. The van der Waals surface area contributed by atoms with E-state index >= 15 is 19.2 Å². The Balaban J connectivity index is 1.12. The number of phenols is 1. The normalized spacial score (nSPS) is 32.2. The van der Waals surface area contributed by atoms with Crippen molar-refractivity contribution in [3.63, 3.8) is 0 Å². The smallest absolute Gasteiger partial charge is 0.328 e. The second kappa shape index (κ2) is 39.9. The van der Waals surface area contributed by atoms with E-state index in [-0.39, 0.29) is 44.4 Å². The average molecular weight is 1660 g/mol. The number of aromatic amines is 1. The fourth-order valence-electron chi connectivity index (χ4n) is 12.3. The van der Waals surface area contributed by atoms with Crippen molar-refractivity contribution in [3.05, 3.63) is 99.3 Å². The standard InChI is InChI=1S/C67H93IN10O27S2/c1-29(81)47-63(97)76-42(62(96)78-48(30(2)82)64(98)99)27-107-106-26-41(61(95)73-39(20-32-15-16-43(83)35(68)18-32)59(93)74-40(21-33-22-70-36-13-7-6-12-34(33)36)60(94)72-37(57(91)77-47)14-8-9-17-69)75-58(92)38(19-31-10-4-3-5-11-31)71-28-67(100)56(90)54(44(84)25-101-67)104-66-53(89)51(87)55(46(24-80)103-66)105-65-52(88)50(86)49(85)45(23-79)102-65/h3-7,10-13,15-16,18,22,29-30,37-42,44-56,65-66,70-71,79-90,100H,8-9,14,17,19-21,23-28,69H2,1-2H3,(H,72,94)(H,73,95)(H,74,93)(H,75,92)(H,76,97)(H,77,91)(H,78,96)(H,98,99)/t29-,30-,37+,38+,39+,40-,41+,42+,44+,45+,46+,47+,48+,49-,50+,51-,52+,53+,54-,55-,56+,65+,66+,67+/m1/s1. The Morgan fingerprint density at radius 1 is 0.710 bits per heavy atom. The molecule has 7 amide bonds. The number of aromatic nitrogens is 1. The van der Waals surface area contributed by atoms with Gasteiger partial charge >= 0.3 is 5.97 Å². The number of benzene rings is 3. The van der Waals surface area contributed by atoms with Gasteiger partial charge in [-0.05, 0) is 104 Å². The van der Waals surface area contributed by atoms with Crippen molar-refractivity contribution >= 4 is 102 Å². The van der Waals surface area contributed by atoms with E-state index in [0.29, 0.717) is 37.6 Å². The Morgan fingerprint density at radius 2 is 1.33 bits per heavy atom. The van der Waals surface area contributed by atoms with Crippen LogP contribution < -0.4 is 48.3 Å². The third-order valence-corrected chi connectivity index (χ3v) is 21.7. The molecule has 40 heteroatoms. The van der Waals surface area contributed by atoms with Crippen molar-refractivity contribution < 1.29 is 134 Å². The fraction of sp³-hybridized carbons (Fsp3) is 0.582. The predicted molar refractivity (Wildman–Crippen MR) is 385 cm³/mol. The van der Waals surface area contributed by atoms with Crippen molar-refractivity contribution in [3.8, 4) is 5.75 Å². The Labute approximate surface area is 633 Å². The van der Waals surface area contributed by atoms with Crippen LogP contribution in [0, 0.1) is 3.57 Å². The number of halogens is 1. The minimum Gasteiger partial charge on any atom is -0.507 e. The number of aliphatic carboxylic acids is 1. The second-order valence-corrected chi connectivity index (χ2v) is 30.1. The first-order chi connectivity index (χ1) is 50.9. The van der Waals surface area contributed by atoms with Gasteiger partial charge in [-0.1, -0.05) is 76.2 Å². The second-order valence-electron chi connectivity index (χ2n) is 26.4. The molecular formula is C67H93IN10O27S2. The van der Waals surface area contributed by atoms with Gasteiger partial charge in [0.05, 0.1) is 48.2 Å². The van der Waals surface area contributed by atoms with Crippen LogP contribution in [0.1, 0.15) is 49.8 Å². The number of hydrogen-bond donors (Lipinski definition) is 24. The molecule has 0 spiro atoms. The molecule has 0 radical (unpaired) electrons. The van der Waals surface area contributed by atoms with Gasteiger partial charge in [0.25, 0.3) is 0 Å². The quantitative estimate of drug-likeness (QED) is 0.0158. The maximum atomic E-state index is 15.4. The van der Waals surface area contributed by atoms with Crippen molar-refractivity contribution in [2.75, 3.05) is 44.4 Å². The molecule has 0 bridgehead atoms. The highest BCUT2D eigenvalue weighted by atomic mass is 127. The number of aromatic hydroxyl groups is 1. The number of carbonyl (C=O) groups is 8. The zero-order valence-corrected chi connectivity index (χ0v) is 61.6.